The average molecular weight is 746 g/mol. The second kappa shape index (κ2) is 36.2. The molecule has 0 aromatic heterocycles. The first kappa shape index (κ1) is 50.2. The molecule has 2 atom stereocenters. The van der Waals surface area contributed by atoms with Gasteiger partial charge in [0, 0.05) is 13.0 Å². The Morgan fingerprint density at radius 2 is 1.02 bits per heavy atom. The lowest BCUT2D eigenvalue weighted by atomic mass is 10.0. The van der Waals surface area contributed by atoms with Crippen molar-refractivity contribution >= 4 is 13.8 Å². The summed E-state index contributed by atoms with van der Waals surface area (Å²) in [4.78, 5) is 25.0. The van der Waals surface area contributed by atoms with E-state index in [9.17, 15) is 14.3 Å². The summed E-state index contributed by atoms with van der Waals surface area (Å²) < 4.78 is 34.5. The smallest absolute Gasteiger partial charge is 0.306 e. The highest BCUT2D eigenvalue weighted by atomic mass is 31.2. The van der Waals surface area contributed by atoms with Gasteiger partial charge in [-0.05, 0) is 38.5 Å². The predicted octanol–water partition coefficient (Wildman–Crippen LogP) is 11.6. The molecule has 0 radical (unpaired) electrons. The Hall–Kier alpha value is -0.760. The highest BCUT2D eigenvalue weighted by molar-refractivity contribution is 7.45. The lowest BCUT2D eigenvalue weighted by Gasteiger charge is -2.28. The van der Waals surface area contributed by atoms with Crippen LogP contribution in [0.1, 0.15) is 194 Å². The largest absolute Gasteiger partial charge is 0.756 e. The van der Waals surface area contributed by atoms with Gasteiger partial charge in [0.05, 0.1) is 34.4 Å². The molecule has 8 nitrogen and oxygen atoms in total. The van der Waals surface area contributed by atoms with Gasteiger partial charge in [0.25, 0.3) is 7.82 Å². The minimum Gasteiger partial charge on any atom is -0.756 e. The van der Waals surface area contributed by atoms with E-state index in [0.29, 0.717) is 24.1 Å². The van der Waals surface area contributed by atoms with Gasteiger partial charge >= 0.3 is 5.97 Å². The van der Waals surface area contributed by atoms with Gasteiger partial charge < -0.3 is 27.9 Å². The average Bonchev–Trinajstić information content (AvgIpc) is 3.08. The van der Waals surface area contributed by atoms with Crippen molar-refractivity contribution < 1.29 is 37.3 Å². The molecule has 0 aliphatic rings. The summed E-state index contributed by atoms with van der Waals surface area (Å²) in [6.07, 6.45) is 37.8. The summed E-state index contributed by atoms with van der Waals surface area (Å²) in [6.45, 7) is 5.42. The summed E-state index contributed by atoms with van der Waals surface area (Å²) >= 11 is 0. The monoisotopic (exact) mass is 746 g/mol. The molecule has 0 saturated heterocycles. The number of ether oxygens (including phenoxy) is 2. The zero-order chi connectivity index (χ0) is 37.7. The van der Waals surface area contributed by atoms with Crippen molar-refractivity contribution in [3.63, 3.8) is 0 Å². The molecule has 0 aromatic rings. The third-order valence-electron chi connectivity index (χ3n) is 9.32. The van der Waals surface area contributed by atoms with Crippen LogP contribution in [0.25, 0.3) is 0 Å². The maximum atomic E-state index is 12.6. The summed E-state index contributed by atoms with van der Waals surface area (Å²) in [5, 5.41) is 0. The first-order chi connectivity index (χ1) is 24.6. The van der Waals surface area contributed by atoms with E-state index in [1.54, 1.807) is 0 Å². The first-order valence-electron chi connectivity index (χ1n) is 21.4. The summed E-state index contributed by atoms with van der Waals surface area (Å²) in [5.74, 6) is -0.336. The molecule has 0 amide bonds. The summed E-state index contributed by atoms with van der Waals surface area (Å²) in [6, 6.07) is 0. The van der Waals surface area contributed by atoms with Crippen LogP contribution in [-0.4, -0.2) is 70.7 Å². The van der Waals surface area contributed by atoms with Gasteiger partial charge in [-0.15, -0.1) is 0 Å². The van der Waals surface area contributed by atoms with E-state index in [0.717, 1.165) is 32.1 Å². The van der Waals surface area contributed by atoms with Gasteiger partial charge in [0.15, 0.2) is 0 Å². The second-order valence-corrected chi connectivity index (χ2v) is 17.1. The Balaban J connectivity index is 4.23. The highest BCUT2D eigenvalue weighted by Crippen LogP contribution is 2.38. The number of phosphoric acid groups is 1. The molecule has 0 spiro atoms. The van der Waals surface area contributed by atoms with Crippen LogP contribution in [0, 0.1) is 0 Å². The molecule has 9 heteroatoms. The number of nitrogens with zero attached hydrogens (tertiary/aromatic N) is 1. The third-order valence-corrected chi connectivity index (χ3v) is 10.3. The Kier molecular flexibility index (Phi) is 35.7. The van der Waals surface area contributed by atoms with Crippen molar-refractivity contribution in [3.05, 3.63) is 12.2 Å². The molecule has 0 aliphatic carbocycles. The normalized spacial score (nSPS) is 13.9. The number of phosphoric ester groups is 1. The number of carbonyl (C=O) groups is 1. The Morgan fingerprint density at radius 1 is 0.588 bits per heavy atom. The van der Waals surface area contributed by atoms with Crippen LogP contribution < -0.4 is 4.89 Å². The van der Waals surface area contributed by atoms with Crippen molar-refractivity contribution in [2.75, 3.05) is 54.1 Å². The number of likely N-dealkylation sites (N-methyl/N-ethyl adjacent to an activating group) is 1. The third kappa shape index (κ3) is 40.3. The van der Waals surface area contributed by atoms with Crippen LogP contribution in [0.15, 0.2) is 12.2 Å². The Morgan fingerprint density at radius 3 is 1.51 bits per heavy atom. The molecule has 0 N–H and O–H groups in total. The minimum absolute atomic E-state index is 0.0284. The number of allylic oxidation sites excluding steroid dienone is 2. The van der Waals surface area contributed by atoms with Crippen LogP contribution >= 0.6 is 7.82 Å². The van der Waals surface area contributed by atoms with Crippen molar-refractivity contribution in [1.82, 2.24) is 0 Å². The summed E-state index contributed by atoms with van der Waals surface area (Å²) in [5.41, 5.74) is 0. The van der Waals surface area contributed by atoms with E-state index >= 15 is 0 Å². The Labute approximate surface area is 316 Å². The fourth-order valence-corrected chi connectivity index (χ4v) is 6.68. The molecule has 0 heterocycles. The maximum absolute atomic E-state index is 12.6. The van der Waals surface area contributed by atoms with Crippen LogP contribution in [0.2, 0.25) is 0 Å². The van der Waals surface area contributed by atoms with Gasteiger partial charge in [-0.25, -0.2) is 0 Å². The van der Waals surface area contributed by atoms with Gasteiger partial charge in [-0.1, -0.05) is 161 Å². The number of unbranched alkanes of at least 4 members (excludes halogenated alkanes) is 24. The molecule has 0 bridgehead atoms. The number of hydrogen-bond donors (Lipinski definition) is 0. The van der Waals surface area contributed by atoms with Crippen LogP contribution in [0.5, 0.6) is 0 Å². The molecule has 304 valence electrons. The fraction of sp³-hybridized carbons (Fsp3) is 0.929. The van der Waals surface area contributed by atoms with Crippen molar-refractivity contribution in [2.24, 2.45) is 0 Å². The maximum Gasteiger partial charge on any atom is 0.306 e. The fourth-order valence-electron chi connectivity index (χ4n) is 5.95. The van der Waals surface area contributed by atoms with E-state index in [4.69, 9.17) is 18.5 Å². The van der Waals surface area contributed by atoms with Crippen LogP contribution in [-0.2, 0) is 27.9 Å². The van der Waals surface area contributed by atoms with E-state index in [1.165, 1.54) is 141 Å². The molecular weight excluding hydrogens is 661 g/mol. The van der Waals surface area contributed by atoms with Crippen molar-refractivity contribution in [2.45, 2.75) is 200 Å². The van der Waals surface area contributed by atoms with Gasteiger partial charge in [0.1, 0.15) is 19.3 Å². The number of hydrogen-bond acceptors (Lipinski definition) is 7. The second-order valence-electron chi connectivity index (χ2n) is 15.7. The van der Waals surface area contributed by atoms with Crippen molar-refractivity contribution in [3.8, 4) is 0 Å². The van der Waals surface area contributed by atoms with E-state index in [2.05, 4.69) is 26.0 Å². The van der Waals surface area contributed by atoms with E-state index in [-0.39, 0.29) is 25.8 Å². The molecular formula is C42H84NO7P. The van der Waals surface area contributed by atoms with Gasteiger partial charge in [-0.2, -0.15) is 0 Å². The lowest BCUT2D eigenvalue weighted by molar-refractivity contribution is -0.870. The Bertz CT molecular complexity index is 833. The standard InChI is InChI=1S/C42H84NO7P/c1-6-8-10-12-14-16-18-20-22-23-25-27-29-31-33-35-42(44)50-41(40-49-51(45,46)48-38-36-43(3,4)5)39-47-37-34-32-30-28-26-24-21-19-17-15-13-11-9-7-2/h16,18,41H,6-15,17,19-40H2,1-5H3/b18-16-/t41-/m1/s1. The van der Waals surface area contributed by atoms with Crippen LogP contribution in [0.4, 0.5) is 0 Å². The zero-order valence-corrected chi connectivity index (χ0v) is 35.2. The zero-order valence-electron chi connectivity index (χ0n) is 34.3. The van der Waals surface area contributed by atoms with E-state index in [1.807, 2.05) is 21.1 Å². The topological polar surface area (TPSA) is 94.1 Å². The molecule has 0 fully saturated rings. The van der Waals surface area contributed by atoms with E-state index < -0.39 is 13.9 Å². The molecule has 0 aromatic carbocycles. The van der Waals surface area contributed by atoms with Gasteiger partial charge in [0.2, 0.25) is 0 Å². The molecule has 0 rings (SSSR count). The number of carbonyl (C=O) groups excluding carboxylic acids is 1. The number of rotatable bonds is 40. The number of esters is 1. The van der Waals surface area contributed by atoms with Crippen LogP contribution in [0.3, 0.4) is 0 Å². The lowest BCUT2D eigenvalue weighted by Crippen LogP contribution is -2.37. The van der Waals surface area contributed by atoms with Crippen molar-refractivity contribution in [1.29, 1.82) is 0 Å². The molecule has 0 aliphatic heterocycles. The molecule has 0 saturated carbocycles. The quantitative estimate of drug-likeness (QED) is 0.0203. The minimum atomic E-state index is -4.52. The highest BCUT2D eigenvalue weighted by Gasteiger charge is 2.20. The predicted molar refractivity (Wildman–Crippen MR) is 213 cm³/mol. The summed E-state index contributed by atoms with van der Waals surface area (Å²) in [7, 11) is 1.36. The molecule has 51 heavy (non-hydrogen) atoms. The molecule has 1 unspecified atom stereocenters. The van der Waals surface area contributed by atoms with Gasteiger partial charge in [-0.3, -0.25) is 9.36 Å². The first-order valence-corrected chi connectivity index (χ1v) is 22.9. The SMILES string of the molecule is CCCCCC/C=C\CCCCCCCCCC(=O)O[C@H](COCCCCCCCCCCCCCCCC)COP(=O)([O-])OCC[N+](C)(C)C. The number of quaternary nitrogens is 1.